The molecular formula is C17H22N4O3. The molecule has 0 bridgehead atoms. The third kappa shape index (κ3) is 2.81. The largest absolute Gasteiger partial charge is 0.362 e. The maximum absolute atomic E-state index is 12.4. The highest BCUT2D eigenvalue weighted by atomic mass is 16.2. The van der Waals surface area contributed by atoms with Gasteiger partial charge in [-0.05, 0) is 25.5 Å². The first-order valence-electron chi connectivity index (χ1n) is 8.16. The van der Waals surface area contributed by atoms with Gasteiger partial charge >= 0.3 is 0 Å². The van der Waals surface area contributed by atoms with E-state index in [1.807, 2.05) is 18.2 Å². The minimum Gasteiger partial charge on any atom is -0.362 e. The van der Waals surface area contributed by atoms with Crippen LogP contribution < -0.4 is 16.0 Å². The van der Waals surface area contributed by atoms with Crippen LogP contribution in [0, 0.1) is 0 Å². The number of likely N-dealkylation sites (N-methyl/N-ethyl adjacent to an activating group) is 1. The Morgan fingerprint density at radius 2 is 2.00 bits per heavy atom. The molecular weight excluding hydrogens is 308 g/mol. The lowest BCUT2D eigenvalue weighted by molar-refractivity contribution is -0.139. The third-order valence-corrected chi connectivity index (χ3v) is 4.86. The highest BCUT2D eigenvalue weighted by molar-refractivity contribution is 6.02. The van der Waals surface area contributed by atoms with E-state index < -0.39 is 11.7 Å². The van der Waals surface area contributed by atoms with Gasteiger partial charge in [-0.25, -0.2) is 0 Å². The second kappa shape index (κ2) is 6.14. The number of para-hydroxylation sites is 1. The molecule has 2 aliphatic rings. The van der Waals surface area contributed by atoms with Gasteiger partial charge in [0.2, 0.25) is 11.8 Å². The van der Waals surface area contributed by atoms with Crippen LogP contribution in [-0.2, 0) is 9.59 Å². The molecule has 2 aliphatic heterocycles. The van der Waals surface area contributed by atoms with E-state index in [1.54, 1.807) is 24.9 Å². The van der Waals surface area contributed by atoms with Gasteiger partial charge in [0.25, 0.3) is 5.91 Å². The van der Waals surface area contributed by atoms with Gasteiger partial charge in [0.15, 0.2) is 0 Å². The number of benzene rings is 1. The molecule has 3 N–H and O–H groups in total. The van der Waals surface area contributed by atoms with Crippen molar-refractivity contribution in [1.29, 1.82) is 0 Å². The van der Waals surface area contributed by atoms with Gasteiger partial charge in [-0.2, -0.15) is 0 Å². The number of likely N-dealkylation sites (tertiary alicyclic amines) is 1. The van der Waals surface area contributed by atoms with Crippen LogP contribution in [0.15, 0.2) is 24.3 Å². The molecule has 128 valence electrons. The Hall–Kier alpha value is -2.57. The Morgan fingerprint density at radius 3 is 2.75 bits per heavy atom. The van der Waals surface area contributed by atoms with Crippen molar-refractivity contribution in [3.63, 3.8) is 0 Å². The number of carbonyl (C=O) groups excluding carboxylic acids is 3. The zero-order valence-electron chi connectivity index (χ0n) is 13.9. The normalized spacial score (nSPS) is 24.5. The van der Waals surface area contributed by atoms with E-state index in [1.165, 1.54) is 0 Å². The van der Waals surface area contributed by atoms with E-state index >= 15 is 0 Å². The number of nitrogens with one attached hydrogen (secondary N) is 3. The summed E-state index contributed by atoms with van der Waals surface area (Å²) in [5.74, 6) is -0.396. The zero-order valence-corrected chi connectivity index (χ0v) is 13.9. The van der Waals surface area contributed by atoms with Crippen molar-refractivity contribution in [3.05, 3.63) is 29.8 Å². The molecule has 2 heterocycles. The van der Waals surface area contributed by atoms with Crippen molar-refractivity contribution in [2.45, 2.75) is 37.9 Å². The lowest BCUT2D eigenvalue weighted by Gasteiger charge is -2.40. The number of carbonyl (C=O) groups is 3. The quantitative estimate of drug-likeness (QED) is 0.744. The van der Waals surface area contributed by atoms with Crippen LogP contribution in [-0.4, -0.2) is 47.9 Å². The molecule has 7 heteroatoms. The van der Waals surface area contributed by atoms with Crippen molar-refractivity contribution in [1.82, 2.24) is 15.5 Å². The Balaban J connectivity index is 1.82. The first kappa shape index (κ1) is 16.3. The Kier molecular flexibility index (Phi) is 4.17. The predicted octanol–water partition coefficient (Wildman–Crippen LogP) is 0.685. The van der Waals surface area contributed by atoms with E-state index in [0.29, 0.717) is 24.9 Å². The Labute approximate surface area is 140 Å². The number of fused-ring (bicyclic) bond motifs is 1. The first-order chi connectivity index (χ1) is 11.5. The summed E-state index contributed by atoms with van der Waals surface area (Å²) in [6.07, 6.45) is 1.31. The van der Waals surface area contributed by atoms with Crippen LogP contribution in [0.4, 0.5) is 5.69 Å². The van der Waals surface area contributed by atoms with Crippen LogP contribution in [0.3, 0.4) is 0 Å². The summed E-state index contributed by atoms with van der Waals surface area (Å²) in [6.45, 7) is 2.12. The van der Waals surface area contributed by atoms with Crippen LogP contribution in [0.2, 0.25) is 0 Å². The molecule has 1 fully saturated rings. The molecule has 2 atom stereocenters. The van der Waals surface area contributed by atoms with Gasteiger partial charge in [0.05, 0.1) is 5.56 Å². The molecule has 1 spiro atoms. The minimum absolute atomic E-state index is 0.0714. The number of hydrogen-bond acceptors (Lipinski definition) is 4. The van der Waals surface area contributed by atoms with E-state index in [0.717, 1.165) is 5.69 Å². The molecule has 7 nitrogen and oxygen atoms in total. The molecule has 24 heavy (non-hydrogen) atoms. The third-order valence-electron chi connectivity index (χ3n) is 4.86. The maximum atomic E-state index is 12.4. The SMILES string of the molecule is CNC(=O)[C@H](C)N1CC[C@]2(CCC1=O)NC(=O)c1ccccc1N2. The highest BCUT2D eigenvalue weighted by Crippen LogP contribution is 2.31. The Bertz CT molecular complexity index is 690. The monoisotopic (exact) mass is 330 g/mol. The van der Waals surface area contributed by atoms with E-state index in [9.17, 15) is 14.4 Å². The van der Waals surface area contributed by atoms with Crippen molar-refractivity contribution < 1.29 is 14.4 Å². The Morgan fingerprint density at radius 1 is 1.25 bits per heavy atom. The van der Waals surface area contributed by atoms with E-state index in [2.05, 4.69) is 16.0 Å². The second-order valence-electron chi connectivity index (χ2n) is 6.33. The highest BCUT2D eigenvalue weighted by Gasteiger charge is 2.41. The molecule has 3 rings (SSSR count). The number of anilines is 1. The fraction of sp³-hybridized carbons (Fsp3) is 0.471. The van der Waals surface area contributed by atoms with E-state index in [4.69, 9.17) is 0 Å². The molecule has 3 amide bonds. The van der Waals surface area contributed by atoms with Gasteiger partial charge in [0, 0.05) is 32.1 Å². The topological polar surface area (TPSA) is 90.5 Å². The molecule has 0 aliphatic carbocycles. The van der Waals surface area contributed by atoms with Crippen LogP contribution in [0.25, 0.3) is 0 Å². The minimum atomic E-state index is -0.655. The summed E-state index contributed by atoms with van der Waals surface area (Å²) in [4.78, 5) is 38.3. The predicted molar refractivity (Wildman–Crippen MR) is 89.4 cm³/mol. The van der Waals surface area contributed by atoms with Gasteiger partial charge in [-0.15, -0.1) is 0 Å². The standard InChI is InChI=1S/C17H22N4O3/c1-11(15(23)18-2)21-10-9-17(8-7-14(21)22)19-13-6-4-3-5-12(13)16(24)20-17/h3-6,11,19H,7-10H2,1-2H3,(H,18,23)(H,20,24)/t11-,17-/m0/s1. The first-order valence-corrected chi connectivity index (χ1v) is 8.16. The number of amides is 3. The average Bonchev–Trinajstić information content (AvgIpc) is 2.73. The number of rotatable bonds is 2. The van der Waals surface area contributed by atoms with Crippen LogP contribution in [0.5, 0.6) is 0 Å². The lowest BCUT2D eigenvalue weighted by Crippen LogP contribution is -2.58. The number of nitrogens with zero attached hydrogens (tertiary/aromatic N) is 1. The van der Waals surface area contributed by atoms with Gasteiger partial charge in [0.1, 0.15) is 11.7 Å². The van der Waals surface area contributed by atoms with Gasteiger partial charge in [-0.1, -0.05) is 12.1 Å². The summed E-state index contributed by atoms with van der Waals surface area (Å²) in [5.41, 5.74) is 0.730. The van der Waals surface area contributed by atoms with Crippen LogP contribution in [0.1, 0.15) is 36.5 Å². The van der Waals surface area contributed by atoms with Crippen molar-refractivity contribution >= 4 is 23.4 Å². The summed E-state index contributed by atoms with van der Waals surface area (Å²) in [6, 6.07) is 6.81. The molecule has 1 saturated heterocycles. The van der Waals surface area contributed by atoms with Gasteiger partial charge in [-0.3, -0.25) is 14.4 Å². The number of hydrogen-bond donors (Lipinski definition) is 3. The molecule has 0 saturated carbocycles. The molecule has 0 unspecified atom stereocenters. The lowest BCUT2D eigenvalue weighted by atomic mass is 9.95. The zero-order chi connectivity index (χ0) is 17.3. The van der Waals surface area contributed by atoms with Crippen molar-refractivity contribution in [2.75, 3.05) is 18.9 Å². The van der Waals surface area contributed by atoms with Gasteiger partial charge < -0.3 is 20.9 Å². The fourth-order valence-corrected chi connectivity index (χ4v) is 3.40. The smallest absolute Gasteiger partial charge is 0.255 e. The fourth-order valence-electron chi connectivity index (χ4n) is 3.40. The second-order valence-corrected chi connectivity index (χ2v) is 6.33. The molecule has 0 radical (unpaired) electrons. The molecule has 1 aromatic carbocycles. The van der Waals surface area contributed by atoms with Crippen molar-refractivity contribution in [2.24, 2.45) is 0 Å². The summed E-state index contributed by atoms with van der Waals surface area (Å²) in [7, 11) is 1.56. The average molecular weight is 330 g/mol. The summed E-state index contributed by atoms with van der Waals surface area (Å²) in [5, 5.41) is 8.99. The summed E-state index contributed by atoms with van der Waals surface area (Å²) < 4.78 is 0. The van der Waals surface area contributed by atoms with Crippen molar-refractivity contribution in [3.8, 4) is 0 Å². The molecule has 0 aromatic heterocycles. The van der Waals surface area contributed by atoms with Crippen LogP contribution >= 0.6 is 0 Å². The molecule has 1 aromatic rings. The van der Waals surface area contributed by atoms with E-state index in [-0.39, 0.29) is 24.1 Å². The summed E-state index contributed by atoms with van der Waals surface area (Å²) >= 11 is 0. The maximum Gasteiger partial charge on any atom is 0.255 e.